The van der Waals surface area contributed by atoms with Crippen LogP contribution in [0.15, 0.2) is 46.2 Å². The first kappa shape index (κ1) is 20.8. The van der Waals surface area contributed by atoms with Crippen molar-refractivity contribution in [3.63, 3.8) is 0 Å². The van der Waals surface area contributed by atoms with Gasteiger partial charge >= 0.3 is 32.7 Å². The van der Waals surface area contributed by atoms with E-state index in [9.17, 15) is 5.39 Å². The van der Waals surface area contributed by atoms with Gasteiger partial charge in [-0.2, -0.15) is 0 Å². The van der Waals surface area contributed by atoms with Gasteiger partial charge in [0.15, 0.2) is 4.98 Å². The Morgan fingerprint density at radius 3 is 2.25 bits per heavy atom. The minimum absolute atomic E-state index is 0.377. The second kappa shape index (κ2) is 11.3. The monoisotopic (exact) mass is 414 g/mol. The van der Waals surface area contributed by atoms with Gasteiger partial charge in [-0.15, -0.1) is 0 Å². The van der Waals surface area contributed by atoms with Crippen LogP contribution in [0.1, 0.15) is 19.4 Å². The summed E-state index contributed by atoms with van der Waals surface area (Å²) in [4.78, 5) is 5.28. The van der Waals surface area contributed by atoms with Crippen molar-refractivity contribution in [3.8, 4) is 11.5 Å². The fourth-order valence-electron chi connectivity index (χ4n) is 1.99. The summed E-state index contributed by atoms with van der Waals surface area (Å²) in [5.74, 6) is 1.23. The summed E-state index contributed by atoms with van der Waals surface area (Å²) >= 11 is 2.40. The van der Waals surface area contributed by atoms with Crippen LogP contribution in [-0.4, -0.2) is 13.2 Å². The Balaban J connectivity index is 0.00000139. The second-order valence-corrected chi connectivity index (χ2v) is 5.77. The van der Waals surface area contributed by atoms with Crippen LogP contribution in [0.4, 0.5) is 5.69 Å². The van der Waals surface area contributed by atoms with Gasteiger partial charge in [0.1, 0.15) is 5.75 Å². The quantitative estimate of drug-likeness (QED) is 0.421. The van der Waals surface area contributed by atoms with E-state index >= 15 is 0 Å². The van der Waals surface area contributed by atoms with Gasteiger partial charge in [-0.25, -0.2) is 0 Å². The van der Waals surface area contributed by atoms with Crippen molar-refractivity contribution in [1.82, 2.24) is 0 Å². The van der Waals surface area contributed by atoms with Gasteiger partial charge in [0.05, 0.1) is 24.2 Å². The summed E-state index contributed by atoms with van der Waals surface area (Å²) in [7, 11) is 4.76. The molecule has 0 bridgehead atoms. The summed E-state index contributed by atoms with van der Waals surface area (Å²) in [5.41, 5.74) is 1.59. The molecule has 0 aromatic heterocycles. The molecule has 124 valence electrons. The molecule has 0 aliphatic heterocycles. The number of rotatable bonds is 6. The van der Waals surface area contributed by atoms with E-state index in [1.54, 1.807) is 17.8 Å². The van der Waals surface area contributed by atoms with Crippen molar-refractivity contribution in [1.29, 1.82) is 5.39 Å². The van der Waals surface area contributed by atoms with Gasteiger partial charge in [0.25, 0.3) is 0 Å². The van der Waals surface area contributed by atoms with E-state index in [0.29, 0.717) is 30.4 Å². The number of aryl methyl sites for hydroxylation is 1. The maximum absolute atomic E-state index is 9.24. The van der Waals surface area contributed by atoms with E-state index in [1.165, 1.54) is 5.56 Å². The van der Waals surface area contributed by atoms with Crippen LogP contribution in [0.2, 0.25) is 0 Å². The first-order chi connectivity index (χ1) is 11.7. The Hall–Kier alpha value is -1.28. The number of halogens is 1. The van der Waals surface area contributed by atoms with Crippen LogP contribution in [0.5, 0.6) is 11.5 Å². The summed E-state index contributed by atoms with van der Waals surface area (Å²) in [6.45, 7) is 6.92. The number of nitrogens with zero attached hydrogens (tertiary/aromatic N) is 2. The van der Waals surface area contributed by atoms with Crippen molar-refractivity contribution in [2.45, 2.75) is 30.6 Å². The van der Waals surface area contributed by atoms with Crippen LogP contribution >= 0.6 is 21.5 Å². The molecule has 2 aromatic rings. The molecule has 2 rings (SSSR count). The third kappa shape index (κ3) is 5.98. The molecule has 2 aromatic carbocycles. The zero-order valence-electron chi connectivity index (χ0n) is 14.1. The van der Waals surface area contributed by atoms with E-state index in [0.717, 1.165) is 27.1 Å². The molecule has 0 heterocycles. The van der Waals surface area contributed by atoms with Gasteiger partial charge in [-0.3, -0.25) is 0 Å². The SMILES string of the molecule is CCOc1cc([N+]#N)c(OCC)c(Sc2ccc(C)cc2)c1.[Cl][Zn-]. The average Bonchev–Trinajstić information content (AvgIpc) is 2.61. The average molecular weight is 416 g/mol. The van der Waals surface area contributed by atoms with Gasteiger partial charge in [-0.05, 0) is 39.0 Å². The molecule has 0 saturated heterocycles. The Bertz CT molecular complexity index is 690. The van der Waals surface area contributed by atoms with Crippen molar-refractivity contribution < 1.29 is 26.8 Å². The summed E-state index contributed by atoms with van der Waals surface area (Å²) in [5, 5.41) is 9.24. The van der Waals surface area contributed by atoms with Crippen LogP contribution in [0.25, 0.3) is 4.98 Å². The molecule has 0 saturated carbocycles. The van der Waals surface area contributed by atoms with Gasteiger partial charge < -0.3 is 9.47 Å². The maximum atomic E-state index is 9.24. The van der Waals surface area contributed by atoms with Crippen molar-refractivity contribution in [2.24, 2.45) is 0 Å². The van der Waals surface area contributed by atoms with Gasteiger partial charge in [0, 0.05) is 4.90 Å². The Labute approximate surface area is 161 Å². The van der Waals surface area contributed by atoms with E-state index in [2.05, 4.69) is 36.2 Å². The Morgan fingerprint density at radius 1 is 1.08 bits per heavy atom. The Kier molecular flexibility index (Phi) is 9.78. The molecule has 0 spiro atoms. The van der Waals surface area contributed by atoms with Gasteiger partial charge in [0.2, 0.25) is 11.1 Å². The molecule has 4 nitrogen and oxygen atoms in total. The third-order valence-electron chi connectivity index (χ3n) is 2.96. The second-order valence-electron chi connectivity index (χ2n) is 4.65. The molecular weight excluding hydrogens is 397 g/mol. The standard InChI is InChI=1S/C17H19N2O2S.ClH.Zn/c1-4-20-13-10-15(19-18)17(21-5-2)16(11-13)22-14-8-6-12(3)7-9-14;;/h6-11H,4-5H2,1-3H3;1H;/q+1;;/p-1. The molecule has 0 unspecified atom stereocenters. The Morgan fingerprint density at radius 2 is 1.71 bits per heavy atom. The molecule has 0 N–H and O–H groups in total. The molecule has 0 fully saturated rings. The molecule has 7 heteroatoms. The van der Waals surface area contributed by atoms with E-state index in [4.69, 9.17) is 19.2 Å². The van der Waals surface area contributed by atoms with Crippen LogP contribution in [-0.2, 0) is 17.3 Å². The van der Waals surface area contributed by atoms with Crippen molar-refractivity contribution in [2.75, 3.05) is 13.2 Å². The van der Waals surface area contributed by atoms with Gasteiger partial charge in [-0.1, -0.05) is 29.5 Å². The van der Waals surface area contributed by atoms with Crippen molar-refractivity contribution in [3.05, 3.63) is 46.9 Å². The number of ether oxygens (including phenoxy) is 2. The number of hydrogen-bond donors (Lipinski definition) is 0. The summed E-state index contributed by atoms with van der Waals surface area (Å²) < 4.78 is 11.2. The molecule has 0 atom stereocenters. The third-order valence-corrected chi connectivity index (χ3v) is 4.00. The molecule has 0 aliphatic rings. The first-order valence-electron chi connectivity index (χ1n) is 7.47. The molecule has 24 heavy (non-hydrogen) atoms. The van der Waals surface area contributed by atoms with Crippen LogP contribution < -0.4 is 9.47 Å². The summed E-state index contributed by atoms with van der Waals surface area (Å²) in [6.07, 6.45) is 0. The predicted octanol–water partition coefficient (Wildman–Crippen LogP) is 6.12. The number of hydrogen-bond acceptors (Lipinski definition) is 4. The molecule has 0 radical (unpaired) electrons. The van der Waals surface area contributed by atoms with Crippen molar-refractivity contribution >= 4 is 27.1 Å². The molecule has 0 aliphatic carbocycles. The number of diazo groups is 1. The normalized spacial score (nSPS) is 9.42. The van der Waals surface area contributed by atoms with Crippen LogP contribution in [0, 0.1) is 12.3 Å². The fraction of sp³-hybridized carbons (Fsp3) is 0.294. The van der Waals surface area contributed by atoms with E-state index < -0.39 is 0 Å². The van der Waals surface area contributed by atoms with Crippen LogP contribution in [0.3, 0.4) is 0 Å². The topological polar surface area (TPSA) is 46.6 Å². The zero-order chi connectivity index (χ0) is 17.9. The minimum atomic E-state index is 0.377. The summed E-state index contributed by atoms with van der Waals surface area (Å²) in [6, 6.07) is 11.8. The molecular formula is C17H19ClN2O2SZn. The first-order valence-corrected chi connectivity index (χ1v) is 12.2. The predicted molar refractivity (Wildman–Crippen MR) is 94.7 cm³/mol. The van der Waals surface area contributed by atoms with E-state index in [1.807, 2.05) is 19.9 Å². The number of benzene rings is 2. The molecule has 0 amide bonds. The fourth-order valence-corrected chi connectivity index (χ4v) is 2.94. The zero-order valence-corrected chi connectivity index (χ0v) is 18.6. The van der Waals surface area contributed by atoms with E-state index in [-0.39, 0.29) is 0 Å².